The molecule has 1 atom stereocenters. The molecular weight excluding hydrogens is 288 g/mol. The number of nitrogens with zero attached hydrogens (tertiary/aromatic N) is 2. The van der Waals surface area contributed by atoms with E-state index in [0.29, 0.717) is 15.8 Å². The second kappa shape index (κ2) is 4.33. The lowest BCUT2D eigenvalue weighted by atomic mass is 10.2. The number of likely N-dealkylation sites (tertiary alicyclic amines) is 1. The second-order valence-corrected chi connectivity index (χ2v) is 4.63. The maximum atomic E-state index is 11.7. The van der Waals surface area contributed by atoms with E-state index in [2.05, 4.69) is 26.2 Å². The van der Waals surface area contributed by atoms with Gasteiger partial charge in [-0.1, -0.05) is 0 Å². The highest BCUT2D eigenvalue weighted by Gasteiger charge is 2.36. The summed E-state index contributed by atoms with van der Waals surface area (Å²) >= 11 is 3.29. The van der Waals surface area contributed by atoms with Gasteiger partial charge in [-0.25, -0.2) is 0 Å². The first-order valence-corrected chi connectivity index (χ1v) is 5.76. The Morgan fingerprint density at radius 2 is 2.24 bits per heavy atom. The van der Waals surface area contributed by atoms with E-state index in [1.54, 1.807) is 6.20 Å². The highest BCUT2D eigenvalue weighted by molar-refractivity contribution is 9.10. The number of pyridine rings is 1. The summed E-state index contributed by atoms with van der Waals surface area (Å²) in [6.07, 6.45) is 3.20. The van der Waals surface area contributed by atoms with Crippen LogP contribution in [0.4, 0.5) is 11.4 Å². The third kappa shape index (κ3) is 2.10. The molecule has 2 heterocycles. The summed E-state index contributed by atoms with van der Waals surface area (Å²) in [5.74, 6) is -0.450. The van der Waals surface area contributed by atoms with Crippen molar-refractivity contribution in [3.8, 4) is 0 Å². The van der Waals surface area contributed by atoms with Crippen molar-refractivity contribution in [2.75, 3.05) is 18.1 Å². The monoisotopic (exact) mass is 298 g/mol. The molecule has 2 amide bonds. The Kier molecular flexibility index (Phi) is 3.01. The van der Waals surface area contributed by atoms with Crippen LogP contribution in [0.3, 0.4) is 0 Å². The number of imide groups is 1. The van der Waals surface area contributed by atoms with Crippen LogP contribution < -0.4 is 11.1 Å². The molecule has 1 saturated heterocycles. The fourth-order valence-corrected chi connectivity index (χ4v) is 2.11. The van der Waals surface area contributed by atoms with Crippen LogP contribution in [0.1, 0.15) is 6.42 Å². The molecule has 0 spiro atoms. The minimum atomic E-state index is -0.562. The van der Waals surface area contributed by atoms with Gasteiger partial charge in [-0.05, 0) is 15.9 Å². The summed E-state index contributed by atoms with van der Waals surface area (Å²) in [6, 6.07) is -0.562. The summed E-state index contributed by atoms with van der Waals surface area (Å²) in [4.78, 5) is 28.1. The smallest absolute Gasteiger partial charge is 0.251 e. The van der Waals surface area contributed by atoms with Crippen LogP contribution in [0.2, 0.25) is 0 Å². The van der Waals surface area contributed by atoms with Gasteiger partial charge in [0.05, 0.1) is 28.5 Å². The van der Waals surface area contributed by atoms with E-state index >= 15 is 0 Å². The van der Waals surface area contributed by atoms with Gasteiger partial charge in [0, 0.05) is 13.2 Å². The number of likely N-dealkylation sites (N-methyl/N-ethyl adjacent to an activating group) is 1. The lowest BCUT2D eigenvalue weighted by Gasteiger charge is -2.15. The zero-order valence-corrected chi connectivity index (χ0v) is 10.7. The SMILES string of the molecule is CN1C(=O)CC(Nc2c(N)cncc2Br)C1=O. The average Bonchev–Trinajstić information content (AvgIpc) is 2.52. The number of nitrogens with one attached hydrogen (secondary N) is 1. The lowest BCUT2D eigenvalue weighted by Crippen LogP contribution is -2.32. The maximum Gasteiger partial charge on any atom is 0.251 e. The number of nitrogens with two attached hydrogens (primary N) is 1. The Labute approximate surface area is 106 Å². The molecular formula is C10H11BrN4O2. The molecule has 3 N–H and O–H groups in total. The molecule has 0 aromatic carbocycles. The number of carbonyl (C=O) groups excluding carboxylic acids is 2. The zero-order chi connectivity index (χ0) is 12.6. The van der Waals surface area contributed by atoms with Crippen molar-refractivity contribution in [1.82, 2.24) is 9.88 Å². The first-order valence-electron chi connectivity index (χ1n) is 4.96. The van der Waals surface area contributed by atoms with Gasteiger partial charge in [0.15, 0.2) is 0 Å². The van der Waals surface area contributed by atoms with Crippen molar-refractivity contribution in [1.29, 1.82) is 0 Å². The van der Waals surface area contributed by atoms with E-state index in [1.807, 2.05) is 0 Å². The van der Waals surface area contributed by atoms with Crippen LogP contribution in [0.25, 0.3) is 0 Å². The summed E-state index contributed by atoms with van der Waals surface area (Å²) in [6.45, 7) is 0. The van der Waals surface area contributed by atoms with Gasteiger partial charge in [-0.3, -0.25) is 19.5 Å². The minimum absolute atomic E-state index is 0.142. The van der Waals surface area contributed by atoms with Crippen LogP contribution in [-0.4, -0.2) is 34.8 Å². The van der Waals surface area contributed by atoms with Crippen LogP contribution in [-0.2, 0) is 9.59 Å². The van der Waals surface area contributed by atoms with Crippen molar-refractivity contribution in [2.24, 2.45) is 0 Å². The topological polar surface area (TPSA) is 88.3 Å². The Balaban J connectivity index is 2.23. The van der Waals surface area contributed by atoms with E-state index in [4.69, 9.17) is 5.73 Å². The third-order valence-electron chi connectivity index (χ3n) is 2.63. The molecule has 0 bridgehead atoms. The number of halogens is 1. The fraction of sp³-hybridized carbons (Fsp3) is 0.300. The Bertz CT molecular complexity index is 471. The second-order valence-electron chi connectivity index (χ2n) is 3.78. The van der Waals surface area contributed by atoms with Gasteiger partial charge in [0.2, 0.25) is 5.91 Å². The highest BCUT2D eigenvalue weighted by atomic mass is 79.9. The summed E-state index contributed by atoms with van der Waals surface area (Å²) < 4.78 is 0.660. The van der Waals surface area contributed by atoms with Crippen molar-refractivity contribution in [2.45, 2.75) is 12.5 Å². The molecule has 0 aliphatic carbocycles. The number of hydrogen-bond donors (Lipinski definition) is 2. The number of carbonyl (C=O) groups is 2. The molecule has 1 fully saturated rings. The van der Waals surface area contributed by atoms with Gasteiger partial charge < -0.3 is 11.1 Å². The number of anilines is 2. The number of aromatic nitrogens is 1. The van der Waals surface area contributed by atoms with Crippen molar-refractivity contribution < 1.29 is 9.59 Å². The summed E-state index contributed by atoms with van der Waals surface area (Å²) in [7, 11) is 1.47. The maximum absolute atomic E-state index is 11.7. The molecule has 7 heteroatoms. The van der Waals surface area contributed by atoms with Crippen molar-refractivity contribution >= 4 is 39.1 Å². The average molecular weight is 299 g/mol. The normalized spacial score (nSPS) is 19.9. The minimum Gasteiger partial charge on any atom is -0.396 e. The van der Waals surface area contributed by atoms with Crippen LogP contribution in [0.5, 0.6) is 0 Å². The van der Waals surface area contributed by atoms with E-state index < -0.39 is 6.04 Å². The quantitative estimate of drug-likeness (QED) is 0.781. The van der Waals surface area contributed by atoms with E-state index in [-0.39, 0.29) is 18.2 Å². The molecule has 1 aliphatic rings. The molecule has 90 valence electrons. The van der Waals surface area contributed by atoms with Crippen LogP contribution in [0, 0.1) is 0 Å². The molecule has 0 radical (unpaired) electrons. The Morgan fingerprint density at radius 3 is 2.76 bits per heavy atom. The molecule has 0 saturated carbocycles. The molecule has 1 aromatic rings. The largest absolute Gasteiger partial charge is 0.396 e. The van der Waals surface area contributed by atoms with Gasteiger partial charge in [0.25, 0.3) is 5.91 Å². The number of rotatable bonds is 2. The predicted octanol–water partition coefficient (Wildman–Crippen LogP) is 0.595. The van der Waals surface area contributed by atoms with Gasteiger partial charge in [-0.2, -0.15) is 0 Å². The van der Waals surface area contributed by atoms with Gasteiger partial charge >= 0.3 is 0 Å². The molecule has 6 nitrogen and oxygen atoms in total. The lowest BCUT2D eigenvalue weighted by molar-refractivity contribution is -0.136. The molecule has 2 rings (SSSR count). The Hall–Kier alpha value is -1.63. The number of amides is 2. The zero-order valence-electron chi connectivity index (χ0n) is 9.11. The Morgan fingerprint density at radius 1 is 1.53 bits per heavy atom. The number of nitrogen functional groups attached to an aromatic ring is 1. The van der Waals surface area contributed by atoms with Crippen molar-refractivity contribution in [3.63, 3.8) is 0 Å². The fourth-order valence-electron chi connectivity index (χ4n) is 1.64. The predicted molar refractivity (Wildman–Crippen MR) is 66.2 cm³/mol. The van der Waals surface area contributed by atoms with E-state index in [9.17, 15) is 9.59 Å². The molecule has 17 heavy (non-hydrogen) atoms. The van der Waals surface area contributed by atoms with E-state index in [0.717, 1.165) is 4.90 Å². The summed E-state index contributed by atoms with van der Waals surface area (Å²) in [5.41, 5.74) is 6.76. The van der Waals surface area contributed by atoms with Crippen LogP contribution >= 0.6 is 15.9 Å². The molecule has 1 aromatic heterocycles. The molecule has 1 aliphatic heterocycles. The summed E-state index contributed by atoms with van der Waals surface area (Å²) in [5, 5.41) is 2.96. The van der Waals surface area contributed by atoms with Crippen LogP contribution in [0.15, 0.2) is 16.9 Å². The van der Waals surface area contributed by atoms with Gasteiger partial charge in [-0.15, -0.1) is 0 Å². The standard InChI is InChI=1S/C10H11BrN4O2/c1-15-8(16)2-7(10(15)17)14-9-5(11)3-13-4-6(9)12/h3-4,7H,2,12H2,1H3,(H,13,14). The van der Waals surface area contributed by atoms with Gasteiger partial charge in [0.1, 0.15) is 6.04 Å². The molecule has 1 unspecified atom stereocenters. The first kappa shape index (κ1) is 11.8. The first-order chi connectivity index (χ1) is 8.00. The third-order valence-corrected chi connectivity index (χ3v) is 3.23. The van der Waals surface area contributed by atoms with E-state index in [1.165, 1.54) is 13.2 Å². The van der Waals surface area contributed by atoms with Crippen molar-refractivity contribution in [3.05, 3.63) is 16.9 Å². The number of hydrogen-bond acceptors (Lipinski definition) is 5. The highest BCUT2D eigenvalue weighted by Crippen LogP contribution is 2.29.